The molecule has 2 N–H and O–H groups in total. The molecule has 0 atom stereocenters. The first kappa shape index (κ1) is 29.1. The fraction of sp³-hybridized carbons (Fsp3) is 0.143. The van der Waals surface area contributed by atoms with Gasteiger partial charge in [-0.05, 0) is 107 Å². The number of likely N-dealkylation sites (N-methyl/N-ethyl adjacent to an activating group) is 1. The monoisotopic (exact) mass is 675 g/mol. The standard InChI is InChI=1S/C28H23FIN3O6S/c1-15-19(27(36)37)5-4-6-21(15)32-28-33(2)26(35)23(40-28)13-16-11-20(30)25(22(12-16)38-3)39-14-24(34)31-18-9-7-17(29)8-10-18/h4-13H,14H2,1-3H3,(H,31,34)(H,36,37)/b23-13-,32-28?. The Kier molecular flexibility index (Phi) is 9.10. The number of nitrogens with one attached hydrogen (secondary N) is 1. The third kappa shape index (κ3) is 6.62. The summed E-state index contributed by atoms with van der Waals surface area (Å²) in [6.45, 7) is 1.37. The zero-order valence-corrected chi connectivity index (χ0v) is 24.5. The van der Waals surface area contributed by atoms with E-state index in [-0.39, 0.29) is 18.1 Å². The van der Waals surface area contributed by atoms with Crippen LogP contribution in [0, 0.1) is 16.3 Å². The average Bonchev–Trinajstić information content (AvgIpc) is 3.17. The molecule has 12 heteroatoms. The van der Waals surface area contributed by atoms with Crippen molar-refractivity contribution in [1.82, 2.24) is 4.90 Å². The number of anilines is 1. The molecule has 3 aromatic rings. The number of amidine groups is 1. The van der Waals surface area contributed by atoms with E-state index in [2.05, 4.69) is 32.9 Å². The number of ether oxygens (including phenoxy) is 2. The molecule has 4 rings (SSSR count). The Morgan fingerprint density at radius 1 is 1.20 bits per heavy atom. The van der Waals surface area contributed by atoms with E-state index in [0.717, 1.165) is 0 Å². The van der Waals surface area contributed by atoms with Crippen molar-refractivity contribution in [1.29, 1.82) is 0 Å². The van der Waals surface area contributed by atoms with Crippen molar-refractivity contribution in [2.45, 2.75) is 6.92 Å². The number of nitrogens with zero attached hydrogens (tertiary/aromatic N) is 2. The number of amides is 2. The van der Waals surface area contributed by atoms with Crippen LogP contribution in [-0.4, -0.2) is 53.7 Å². The molecule has 0 aliphatic carbocycles. The van der Waals surface area contributed by atoms with Crippen molar-refractivity contribution in [3.8, 4) is 11.5 Å². The molecule has 206 valence electrons. The number of methoxy groups -OCH3 is 1. The van der Waals surface area contributed by atoms with Gasteiger partial charge in [-0.25, -0.2) is 14.2 Å². The SMILES string of the molecule is COc1cc(/C=C2\SC(=Nc3cccc(C(=O)O)c3C)N(C)C2=O)cc(I)c1OCC(=O)Nc1ccc(F)cc1. The second-order valence-electron chi connectivity index (χ2n) is 8.50. The second-order valence-corrected chi connectivity index (χ2v) is 10.7. The summed E-state index contributed by atoms with van der Waals surface area (Å²) in [4.78, 5) is 43.1. The molecule has 0 bridgehead atoms. The lowest BCUT2D eigenvalue weighted by atomic mass is 10.1. The van der Waals surface area contributed by atoms with Crippen LogP contribution in [-0.2, 0) is 9.59 Å². The number of hydrogen-bond acceptors (Lipinski definition) is 7. The normalized spacial score (nSPS) is 15.0. The topological polar surface area (TPSA) is 118 Å². The predicted molar refractivity (Wildman–Crippen MR) is 160 cm³/mol. The summed E-state index contributed by atoms with van der Waals surface area (Å²) in [7, 11) is 3.07. The van der Waals surface area contributed by atoms with E-state index in [1.54, 1.807) is 44.3 Å². The molecule has 1 aliphatic heterocycles. The van der Waals surface area contributed by atoms with Crippen molar-refractivity contribution in [2.75, 3.05) is 26.1 Å². The molecular formula is C28H23FIN3O6S. The zero-order valence-electron chi connectivity index (χ0n) is 21.5. The first-order valence-corrected chi connectivity index (χ1v) is 13.6. The minimum atomic E-state index is -1.05. The van der Waals surface area contributed by atoms with Crippen molar-refractivity contribution in [2.24, 2.45) is 4.99 Å². The van der Waals surface area contributed by atoms with Gasteiger partial charge in [-0.3, -0.25) is 14.5 Å². The number of carboxylic acid groups (broad SMARTS) is 1. The van der Waals surface area contributed by atoms with Crippen LogP contribution < -0.4 is 14.8 Å². The van der Waals surface area contributed by atoms with Gasteiger partial charge in [0.15, 0.2) is 23.3 Å². The summed E-state index contributed by atoms with van der Waals surface area (Å²) in [5, 5.41) is 12.4. The van der Waals surface area contributed by atoms with Gasteiger partial charge in [0.25, 0.3) is 11.8 Å². The molecule has 0 aromatic heterocycles. The zero-order chi connectivity index (χ0) is 29.0. The number of aromatic carboxylic acids is 1. The largest absolute Gasteiger partial charge is 0.493 e. The molecule has 2 amide bonds. The van der Waals surface area contributed by atoms with Crippen molar-refractivity contribution >= 4 is 74.8 Å². The highest BCUT2D eigenvalue weighted by Gasteiger charge is 2.31. The number of aliphatic imine (C=N–C) groups is 1. The molecule has 0 saturated carbocycles. The van der Waals surface area contributed by atoms with Crippen LogP contribution in [0.4, 0.5) is 15.8 Å². The van der Waals surface area contributed by atoms with Gasteiger partial charge >= 0.3 is 5.97 Å². The quantitative estimate of drug-likeness (QED) is 0.233. The minimum Gasteiger partial charge on any atom is -0.493 e. The highest BCUT2D eigenvalue weighted by molar-refractivity contribution is 14.1. The molecule has 1 aliphatic rings. The Morgan fingerprint density at radius 3 is 2.60 bits per heavy atom. The van der Waals surface area contributed by atoms with Gasteiger partial charge in [0.2, 0.25) is 0 Å². The number of rotatable bonds is 8. The number of hydrogen-bond donors (Lipinski definition) is 2. The molecule has 0 spiro atoms. The number of thioether (sulfide) groups is 1. The van der Waals surface area contributed by atoms with Crippen molar-refractivity contribution < 1.29 is 33.4 Å². The number of carbonyl (C=O) groups excluding carboxylic acids is 2. The lowest BCUT2D eigenvalue weighted by Gasteiger charge is -2.14. The molecule has 1 heterocycles. The summed E-state index contributed by atoms with van der Waals surface area (Å²) < 4.78 is 24.9. The van der Waals surface area contributed by atoms with E-state index in [4.69, 9.17) is 9.47 Å². The first-order chi connectivity index (χ1) is 19.1. The minimum absolute atomic E-state index is 0.145. The summed E-state index contributed by atoms with van der Waals surface area (Å²) in [6, 6.07) is 13.7. The Morgan fingerprint density at radius 2 is 1.93 bits per heavy atom. The Balaban J connectivity index is 1.52. The number of carbonyl (C=O) groups is 3. The van der Waals surface area contributed by atoms with E-state index in [1.807, 2.05) is 0 Å². The molecule has 9 nitrogen and oxygen atoms in total. The summed E-state index contributed by atoms with van der Waals surface area (Å²) in [6.07, 6.45) is 1.70. The Hall–Kier alpha value is -3.91. The fourth-order valence-corrected chi connectivity index (χ4v) is 5.47. The number of carboxylic acids is 1. The first-order valence-electron chi connectivity index (χ1n) is 11.7. The van der Waals surface area contributed by atoms with Crippen LogP contribution in [0.2, 0.25) is 0 Å². The van der Waals surface area contributed by atoms with E-state index in [9.17, 15) is 23.9 Å². The van der Waals surface area contributed by atoms with Gasteiger partial charge in [-0.1, -0.05) is 6.07 Å². The molecular weight excluding hydrogens is 652 g/mol. The van der Waals surface area contributed by atoms with Gasteiger partial charge in [0.1, 0.15) is 5.82 Å². The highest BCUT2D eigenvalue weighted by atomic mass is 127. The molecule has 40 heavy (non-hydrogen) atoms. The van der Waals surface area contributed by atoms with Gasteiger partial charge in [0, 0.05) is 12.7 Å². The Bertz CT molecular complexity index is 1560. The third-order valence-electron chi connectivity index (χ3n) is 5.78. The smallest absolute Gasteiger partial charge is 0.336 e. The molecule has 1 fully saturated rings. The van der Waals surface area contributed by atoms with Crippen LogP contribution in [0.3, 0.4) is 0 Å². The van der Waals surface area contributed by atoms with Crippen LogP contribution >= 0.6 is 34.4 Å². The van der Waals surface area contributed by atoms with Crippen LogP contribution in [0.25, 0.3) is 6.08 Å². The summed E-state index contributed by atoms with van der Waals surface area (Å²) in [5.74, 6) is -1.42. The van der Waals surface area contributed by atoms with Crippen molar-refractivity contribution in [3.05, 3.63) is 85.6 Å². The number of halogens is 2. The van der Waals surface area contributed by atoms with Gasteiger partial charge < -0.3 is 19.9 Å². The van der Waals surface area contributed by atoms with Crippen LogP contribution in [0.5, 0.6) is 11.5 Å². The maximum Gasteiger partial charge on any atom is 0.336 e. The van der Waals surface area contributed by atoms with Crippen LogP contribution in [0.1, 0.15) is 21.5 Å². The molecule has 0 radical (unpaired) electrons. The average molecular weight is 675 g/mol. The predicted octanol–water partition coefficient (Wildman–Crippen LogP) is 5.70. The Labute approximate surface area is 247 Å². The lowest BCUT2D eigenvalue weighted by Crippen LogP contribution is -2.23. The van der Waals surface area contributed by atoms with Crippen LogP contribution in [0.15, 0.2) is 64.5 Å². The van der Waals surface area contributed by atoms with Gasteiger partial charge in [-0.15, -0.1) is 0 Å². The van der Waals surface area contributed by atoms with Crippen molar-refractivity contribution in [3.63, 3.8) is 0 Å². The number of benzene rings is 3. The molecule has 3 aromatic carbocycles. The maximum atomic E-state index is 13.1. The lowest BCUT2D eigenvalue weighted by molar-refractivity contribution is -0.121. The van der Waals surface area contributed by atoms with E-state index in [1.165, 1.54) is 54.1 Å². The van der Waals surface area contributed by atoms with E-state index >= 15 is 0 Å². The van der Waals surface area contributed by atoms with E-state index in [0.29, 0.717) is 47.6 Å². The summed E-state index contributed by atoms with van der Waals surface area (Å²) in [5.41, 5.74) is 2.22. The molecule has 0 unspecified atom stereocenters. The van der Waals surface area contributed by atoms with Gasteiger partial charge in [0.05, 0.1) is 26.8 Å². The molecule has 1 saturated heterocycles. The summed E-state index contributed by atoms with van der Waals surface area (Å²) >= 11 is 3.22. The maximum absolute atomic E-state index is 13.1. The highest BCUT2D eigenvalue weighted by Crippen LogP contribution is 2.38. The fourth-order valence-electron chi connectivity index (χ4n) is 3.71. The van der Waals surface area contributed by atoms with Gasteiger partial charge in [-0.2, -0.15) is 0 Å². The van der Waals surface area contributed by atoms with E-state index < -0.39 is 17.7 Å². The second kappa shape index (κ2) is 12.5. The third-order valence-corrected chi connectivity index (χ3v) is 7.64.